The Balaban J connectivity index is 0.000000490. The Morgan fingerprint density at radius 3 is 2.38 bits per heavy atom. The van der Waals surface area contributed by atoms with E-state index in [0.29, 0.717) is 4.54 Å². The van der Waals surface area contributed by atoms with Crippen LogP contribution in [0.15, 0.2) is 23.1 Å². The van der Waals surface area contributed by atoms with Gasteiger partial charge in [0.25, 0.3) is 0 Å². The normalized spacial score (nSPS) is 14.8. The molecule has 1 heterocycles. The first-order chi connectivity index (χ1) is 3.39. The average molecular weight is 172 g/mol. The van der Waals surface area contributed by atoms with E-state index in [1.165, 1.54) is 0 Å². The van der Waals surface area contributed by atoms with Gasteiger partial charge >= 0.3 is 47.8 Å². The van der Waals surface area contributed by atoms with E-state index in [2.05, 4.69) is 0 Å². The van der Waals surface area contributed by atoms with Crippen LogP contribution in [0, 0.1) is 0 Å². The van der Waals surface area contributed by atoms with Crippen molar-refractivity contribution < 1.29 is 10.6 Å². The molecule has 1 radical (unpaired) electrons. The number of hydrogen-bond donors (Lipinski definition) is 1. The molecule has 0 spiro atoms. The molecule has 2 nitrogen and oxygen atoms in total. The number of allylic oxidation sites excluding steroid dienone is 2. The molecule has 8 heavy (non-hydrogen) atoms. The maximum atomic E-state index is 8.74. The fourth-order valence-electron chi connectivity index (χ4n) is 0.384. The molecule has 0 unspecified atom stereocenters. The summed E-state index contributed by atoms with van der Waals surface area (Å²) in [7, 11) is 0. The van der Waals surface area contributed by atoms with Crippen LogP contribution in [-0.4, -0.2) is 30.1 Å². The zero-order chi connectivity index (χ0) is 5.11. The molecule has 0 bridgehead atoms. The van der Waals surface area contributed by atoms with Gasteiger partial charge in [0.05, 0.1) is 0 Å². The fraction of sp³-hybridized carbons (Fsp3) is 0. The molecule has 1 rings (SSSR count). The zero-order valence-electron chi connectivity index (χ0n) is 4.26. The summed E-state index contributed by atoms with van der Waals surface area (Å²) < 4.78 is 0.572. The van der Waals surface area contributed by atoms with Crippen LogP contribution in [0.5, 0.6) is 0 Å². The van der Waals surface area contributed by atoms with Gasteiger partial charge in [-0.2, -0.15) is 0 Å². The molecular formula is C5H7GeO2. The Morgan fingerprint density at radius 2 is 2.12 bits per heavy atom. The van der Waals surface area contributed by atoms with Gasteiger partial charge in [0.2, 0.25) is 0 Å². The first kappa shape index (κ1) is 7.65. The quantitative estimate of drug-likeness (QED) is 0.489. The van der Waals surface area contributed by atoms with Crippen LogP contribution in [0.1, 0.15) is 0 Å². The van der Waals surface area contributed by atoms with Gasteiger partial charge in [0, 0.05) is 0 Å². The van der Waals surface area contributed by atoms with E-state index in [-0.39, 0.29) is 20.5 Å². The van der Waals surface area contributed by atoms with Crippen LogP contribution in [0.25, 0.3) is 0 Å². The predicted octanol–water partition coefficient (Wildman–Crippen LogP) is -0.548. The molecule has 1 aliphatic heterocycles. The molecule has 1 aliphatic rings. The molecular weight excluding hydrogens is 165 g/mol. The summed E-state index contributed by atoms with van der Waals surface area (Å²) in [6.45, 7) is 0. The van der Waals surface area contributed by atoms with Crippen LogP contribution >= 0.6 is 0 Å². The van der Waals surface area contributed by atoms with Crippen molar-refractivity contribution >= 4 is 19.5 Å². The van der Waals surface area contributed by atoms with E-state index < -0.39 is 0 Å². The third-order valence-electron chi connectivity index (χ3n) is 0.693. The van der Waals surface area contributed by atoms with Crippen molar-refractivity contribution in [2.75, 3.05) is 0 Å². The molecule has 3 heteroatoms. The van der Waals surface area contributed by atoms with Crippen molar-refractivity contribution in [3.05, 3.63) is 23.1 Å². The summed E-state index contributed by atoms with van der Waals surface area (Å²) in [5, 5.41) is 8.74. The molecule has 43 valence electrons. The summed E-state index contributed by atoms with van der Waals surface area (Å²) in [6, 6.07) is 0. The second-order valence-electron chi connectivity index (χ2n) is 1.25. The first-order valence-electron chi connectivity index (χ1n) is 2.05. The SMILES string of the molecule is O.O[C]1=[Ge][CH]=CC=C1. The second-order valence-corrected chi connectivity index (χ2v) is 3.63. The van der Waals surface area contributed by atoms with Crippen LogP contribution in [0.3, 0.4) is 0 Å². The summed E-state index contributed by atoms with van der Waals surface area (Å²) >= 11 is -0.257. The third kappa shape index (κ3) is 2.09. The van der Waals surface area contributed by atoms with Gasteiger partial charge < -0.3 is 5.48 Å². The minimum absolute atomic E-state index is 0. The Bertz CT molecular complexity index is 147. The Labute approximate surface area is 53.8 Å². The van der Waals surface area contributed by atoms with Crippen molar-refractivity contribution in [2.24, 2.45) is 0 Å². The van der Waals surface area contributed by atoms with Gasteiger partial charge in [-0.05, 0) is 0 Å². The van der Waals surface area contributed by atoms with Gasteiger partial charge in [-0.15, -0.1) is 0 Å². The monoisotopic (exact) mass is 173 g/mol. The van der Waals surface area contributed by atoms with Gasteiger partial charge in [-0.25, -0.2) is 0 Å². The molecule has 0 saturated carbocycles. The standard InChI is InChI=1S/C5H5GeO.H2O/c7-5-3-1-2-4-6-5;/h1-4,7H;1H2. The molecule has 0 aromatic carbocycles. The van der Waals surface area contributed by atoms with E-state index in [4.69, 9.17) is 5.11 Å². The predicted molar refractivity (Wildman–Crippen MR) is 34.6 cm³/mol. The number of rotatable bonds is 0. The molecule has 3 N–H and O–H groups in total. The summed E-state index contributed by atoms with van der Waals surface area (Å²) in [6.07, 6.45) is 5.57. The minimum atomic E-state index is -0.257. The Kier molecular flexibility index (Phi) is 3.47. The van der Waals surface area contributed by atoms with Gasteiger partial charge in [-0.1, -0.05) is 0 Å². The van der Waals surface area contributed by atoms with Crippen LogP contribution < -0.4 is 0 Å². The van der Waals surface area contributed by atoms with E-state index in [1.807, 2.05) is 17.1 Å². The van der Waals surface area contributed by atoms with E-state index in [0.717, 1.165) is 0 Å². The summed E-state index contributed by atoms with van der Waals surface area (Å²) in [4.78, 5) is 2.04. The third-order valence-corrected chi connectivity index (χ3v) is 2.42. The second kappa shape index (κ2) is 3.63. The first-order valence-corrected chi connectivity index (χ1v) is 4.31. The fourth-order valence-corrected chi connectivity index (χ4v) is 1.58. The van der Waals surface area contributed by atoms with Gasteiger partial charge in [0.15, 0.2) is 0 Å². The number of hydrogen-bond acceptors (Lipinski definition) is 1. The van der Waals surface area contributed by atoms with E-state index in [1.54, 1.807) is 6.08 Å². The molecule has 0 aliphatic carbocycles. The zero-order valence-corrected chi connectivity index (χ0v) is 6.35. The van der Waals surface area contributed by atoms with Crippen molar-refractivity contribution in [3.63, 3.8) is 0 Å². The van der Waals surface area contributed by atoms with E-state index in [9.17, 15) is 0 Å². The van der Waals surface area contributed by atoms with Crippen molar-refractivity contribution in [3.8, 4) is 0 Å². The molecule has 0 fully saturated rings. The molecule has 0 aromatic rings. The molecule has 0 atom stereocenters. The Morgan fingerprint density at radius 1 is 1.38 bits per heavy atom. The van der Waals surface area contributed by atoms with Crippen molar-refractivity contribution in [1.29, 1.82) is 0 Å². The summed E-state index contributed by atoms with van der Waals surface area (Å²) in [5.74, 6) is 0. The van der Waals surface area contributed by atoms with Crippen LogP contribution in [0.2, 0.25) is 0 Å². The molecule has 0 saturated heterocycles. The van der Waals surface area contributed by atoms with Gasteiger partial charge in [0.1, 0.15) is 0 Å². The van der Waals surface area contributed by atoms with Crippen LogP contribution in [0.4, 0.5) is 0 Å². The maximum absolute atomic E-state index is 8.74. The van der Waals surface area contributed by atoms with Crippen molar-refractivity contribution in [2.45, 2.75) is 0 Å². The molecule has 0 amide bonds. The topological polar surface area (TPSA) is 51.7 Å². The van der Waals surface area contributed by atoms with E-state index >= 15 is 0 Å². The molecule has 0 aromatic heterocycles. The van der Waals surface area contributed by atoms with Crippen molar-refractivity contribution in [1.82, 2.24) is 0 Å². The summed E-state index contributed by atoms with van der Waals surface area (Å²) in [5.41, 5.74) is 0. The number of aliphatic hydroxyl groups is 1. The average Bonchev–Trinajstić information content (AvgIpc) is 1.69. The van der Waals surface area contributed by atoms with Gasteiger partial charge in [-0.3, -0.25) is 0 Å². The number of aliphatic hydroxyl groups excluding tert-OH is 1. The Hall–Kier alpha value is -0.347. The van der Waals surface area contributed by atoms with Crippen LogP contribution in [-0.2, 0) is 0 Å².